The fourth-order valence-corrected chi connectivity index (χ4v) is 3.49. The van der Waals surface area contributed by atoms with Crippen LogP contribution in [0.3, 0.4) is 0 Å². The molecule has 0 rings (SSSR count). The fraction of sp³-hybridized carbons (Fsp3) is 0.850. The molecule has 25 heavy (non-hydrogen) atoms. The Labute approximate surface area is 165 Å². The van der Waals surface area contributed by atoms with Gasteiger partial charge in [-0.3, -0.25) is 4.79 Å². The number of hydrogen-bond acceptors (Lipinski definition) is 5. The number of carbonyl (C=O) groups excluding carboxylic acids is 1. The first kappa shape index (κ1) is 24.6. The minimum Gasteiger partial charge on any atom is -0.464 e. The lowest BCUT2D eigenvalue weighted by molar-refractivity contribution is -0.144. The van der Waals surface area contributed by atoms with Gasteiger partial charge in [0.05, 0.1) is 0 Å². The third kappa shape index (κ3) is 14.5. The van der Waals surface area contributed by atoms with Crippen LogP contribution in [0.5, 0.6) is 0 Å². The second kappa shape index (κ2) is 15.8. The van der Waals surface area contributed by atoms with Gasteiger partial charge in [0.1, 0.15) is 6.61 Å². The minimum absolute atomic E-state index is 0.0846. The van der Waals surface area contributed by atoms with E-state index in [2.05, 4.69) is 13.8 Å². The summed E-state index contributed by atoms with van der Waals surface area (Å²) < 4.78 is 5.23. The third-order valence-corrected chi connectivity index (χ3v) is 5.18. The molecule has 0 saturated carbocycles. The number of esters is 1. The maximum absolute atomic E-state index is 11.7. The summed E-state index contributed by atoms with van der Waals surface area (Å²) in [6.45, 7) is 5.60. The molecule has 0 saturated heterocycles. The molecule has 1 unspecified atom stereocenters. The molecule has 0 spiro atoms. The van der Waals surface area contributed by atoms with Gasteiger partial charge < -0.3 is 9.64 Å². The molecule has 0 aliphatic heterocycles. The number of unbranched alkanes of at least 4 members (excludes halogenated alkanes) is 1. The van der Waals surface area contributed by atoms with Gasteiger partial charge in [-0.2, -0.15) is 0 Å². The molecule has 0 aliphatic carbocycles. The molecule has 0 amide bonds. The van der Waals surface area contributed by atoms with Crippen LogP contribution in [0.2, 0.25) is 0 Å². The molecule has 0 fully saturated rings. The van der Waals surface area contributed by atoms with E-state index in [9.17, 15) is 4.79 Å². The zero-order chi connectivity index (χ0) is 19.1. The van der Waals surface area contributed by atoms with E-state index in [0.29, 0.717) is 18.9 Å². The molecular weight excluding hydrogens is 350 g/mol. The van der Waals surface area contributed by atoms with Gasteiger partial charge in [0.2, 0.25) is 0 Å². The van der Waals surface area contributed by atoms with Crippen molar-refractivity contribution in [2.75, 3.05) is 27.2 Å². The fourth-order valence-electron chi connectivity index (χ4n) is 2.73. The molecule has 0 aliphatic rings. The van der Waals surface area contributed by atoms with Gasteiger partial charge in [0.15, 0.2) is 0 Å². The van der Waals surface area contributed by atoms with E-state index >= 15 is 0 Å². The van der Waals surface area contributed by atoms with Crippen molar-refractivity contribution in [3.8, 4) is 0 Å². The average molecular weight is 388 g/mol. The Balaban J connectivity index is 4.10. The van der Waals surface area contributed by atoms with E-state index in [1.165, 1.54) is 9.73 Å². The van der Waals surface area contributed by atoms with E-state index < -0.39 is 0 Å². The first-order valence-corrected chi connectivity index (χ1v) is 10.6. The molecule has 146 valence electrons. The normalized spacial score (nSPS) is 12.2. The van der Waals surface area contributed by atoms with Crippen molar-refractivity contribution in [3.05, 3.63) is 0 Å². The van der Waals surface area contributed by atoms with Crippen LogP contribution >= 0.6 is 24.4 Å². The summed E-state index contributed by atoms with van der Waals surface area (Å²) >= 11 is 11.1. The quantitative estimate of drug-likeness (QED) is 0.201. The summed E-state index contributed by atoms with van der Waals surface area (Å²) in [6, 6.07) is 0. The molecule has 0 heterocycles. The van der Waals surface area contributed by atoms with Gasteiger partial charge in [-0.05, 0) is 68.3 Å². The summed E-state index contributed by atoms with van der Waals surface area (Å²) in [4.78, 5) is 16.1. The summed E-state index contributed by atoms with van der Waals surface area (Å²) in [5, 5.41) is 0. The molecular formula is C20H37NO2S2. The van der Waals surface area contributed by atoms with Crippen molar-refractivity contribution in [2.24, 2.45) is 5.92 Å². The van der Waals surface area contributed by atoms with Crippen LogP contribution in [0.1, 0.15) is 78.1 Å². The Morgan fingerprint density at radius 1 is 0.960 bits per heavy atom. The van der Waals surface area contributed by atoms with E-state index in [1.54, 1.807) is 0 Å². The van der Waals surface area contributed by atoms with E-state index in [4.69, 9.17) is 29.2 Å². The first-order valence-electron chi connectivity index (χ1n) is 9.75. The highest BCUT2D eigenvalue weighted by Gasteiger charge is 2.15. The van der Waals surface area contributed by atoms with Crippen molar-refractivity contribution in [2.45, 2.75) is 78.1 Å². The summed E-state index contributed by atoms with van der Waals surface area (Å²) in [5.41, 5.74) is 0. The predicted molar refractivity (Wildman–Crippen MR) is 116 cm³/mol. The van der Waals surface area contributed by atoms with Crippen molar-refractivity contribution in [1.82, 2.24) is 4.90 Å². The number of ether oxygens (including phenoxy) is 1. The molecule has 5 heteroatoms. The highest BCUT2D eigenvalue weighted by Crippen LogP contribution is 2.21. The van der Waals surface area contributed by atoms with Gasteiger partial charge in [0.25, 0.3) is 0 Å². The molecule has 3 nitrogen and oxygen atoms in total. The molecule has 0 aromatic heterocycles. The van der Waals surface area contributed by atoms with Crippen molar-refractivity contribution in [3.63, 3.8) is 0 Å². The van der Waals surface area contributed by atoms with Crippen molar-refractivity contribution >= 4 is 40.1 Å². The van der Waals surface area contributed by atoms with Gasteiger partial charge in [-0.1, -0.05) is 57.5 Å². The molecule has 0 N–H and O–H groups in total. The Morgan fingerprint density at radius 3 is 2.24 bits per heavy atom. The maximum Gasteiger partial charge on any atom is 0.305 e. The SMILES string of the molecule is CCCC(=S)CCC(CCCCC(=O)OCCN(C)C)C(=S)CCC. The van der Waals surface area contributed by atoms with Crippen LogP contribution in [0, 0.1) is 5.92 Å². The lowest BCUT2D eigenvalue weighted by Gasteiger charge is -2.18. The van der Waals surface area contributed by atoms with Crippen molar-refractivity contribution < 1.29 is 9.53 Å². The Kier molecular flexibility index (Phi) is 15.6. The van der Waals surface area contributed by atoms with Crippen LogP contribution in [-0.4, -0.2) is 47.8 Å². The average Bonchev–Trinajstić information content (AvgIpc) is 2.54. The molecule has 0 aromatic carbocycles. The second-order valence-corrected chi connectivity index (χ2v) is 8.11. The van der Waals surface area contributed by atoms with Gasteiger partial charge in [-0.25, -0.2) is 0 Å². The lowest BCUT2D eigenvalue weighted by Crippen LogP contribution is -2.20. The predicted octanol–water partition coefficient (Wildman–Crippen LogP) is 5.39. The summed E-state index contributed by atoms with van der Waals surface area (Å²) in [7, 11) is 3.94. The molecule has 0 radical (unpaired) electrons. The zero-order valence-corrected chi connectivity index (χ0v) is 18.3. The number of nitrogens with zero attached hydrogens (tertiary/aromatic N) is 1. The lowest BCUT2D eigenvalue weighted by atomic mass is 9.90. The summed E-state index contributed by atoms with van der Waals surface area (Å²) in [5.74, 6) is 0.383. The van der Waals surface area contributed by atoms with Crippen LogP contribution in [0.4, 0.5) is 0 Å². The molecule has 0 bridgehead atoms. The van der Waals surface area contributed by atoms with Gasteiger partial charge in [-0.15, -0.1) is 0 Å². The van der Waals surface area contributed by atoms with E-state index in [1.807, 2.05) is 19.0 Å². The largest absolute Gasteiger partial charge is 0.464 e. The Morgan fingerprint density at radius 2 is 1.64 bits per heavy atom. The van der Waals surface area contributed by atoms with E-state index in [-0.39, 0.29) is 5.97 Å². The zero-order valence-electron chi connectivity index (χ0n) is 16.6. The number of likely N-dealkylation sites (N-methyl/N-ethyl adjacent to an activating group) is 1. The topological polar surface area (TPSA) is 29.5 Å². The number of hydrogen-bond donors (Lipinski definition) is 0. The molecule has 1 atom stereocenters. The van der Waals surface area contributed by atoms with Crippen LogP contribution < -0.4 is 0 Å². The number of rotatable bonds is 16. The highest BCUT2D eigenvalue weighted by molar-refractivity contribution is 7.80. The number of thiocarbonyl (C=S) groups is 2. The van der Waals surface area contributed by atoms with Crippen molar-refractivity contribution in [1.29, 1.82) is 0 Å². The Bertz CT molecular complexity index is 397. The van der Waals surface area contributed by atoms with Crippen LogP contribution in [-0.2, 0) is 9.53 Å². The second-order valence-electron chi connectivity index (χ2n) is 7.01. The highest BCUT2D eigenvalue weighted by atomic mass is 32.1. The Hall–Kier alpha value is -0.390. The minimum atomic E-state index is -0.0846. The van der Waals surface area contributed by atoms with Gasteiger partial charge in [0, 0.05) is 13.0 Å². The standard InChI is InChI=1S/C20H37NO2S2/c1-5-9-18(24)14-13-17(19(25)10-6-2)11-7-8-12-20(22)23-16-15-21(3)4/h17H,5-16H2,1-4H3. The first-order chi connectivity index (χ1) is 11.9. The smallest absolute Gasteiger partial charge is 0.305 e. The summed E-state index contributed by atoms with van der Waals surface area (Å²) in [6.07, 6.45) is 9.85. The third-order valence-electron chi connectivity index (χ3n) is 4.24. The van der Waals surface area contributed by atoms with Gasteiger partial charge >= 0.3 is 5.97 Å². The number of carbonyl (C=O) groups is 1. The van der Waals surface area contributed by atoms with Crippen LogP contribution in [0.15, 0.2) is 0 Å². The molecule has 0 aromatic rings. The van der Waals surface area contributed by atoms with E-state index in [0.717, 1.165) is 64.3 Å². The maximum atomic E-state index is 11.7. The van der Waals surface area contributed by atoms with Crippen LogP contribution in [0.25, 0.3) is 0 Å². The monoisotopic (exact) mass is 387 g/mol.